The molecule has 7 heteroatoms. The number of amides is 1. The third-order valence-corrected chi connectivity index (χ3v) is 5.54. The first kappa shape index (κ1) is 19.1. The Labute approximate surface area is 166 Å². The quantitative estimate of drug-likeness (QED) is 0.754. The Bertz CT molecular complexity index is 781. The number of ether oxygens (including phenoxy) is 1. The molecular weight excluding hydrogens is 354 g/mol. The summed E-state index contributed by atoms with van der Waals surface area (Å²) in [6, 6.07) is 4.06. The molecule has 2 fully saturated rings. The molecule has 4 rings (SSSR count). The maximum absolute atomic E-state index is 12.5. The van der Waals surface area contributed by atoms with Crippen molar-refractivity contribution in [2.75, 3.05) is 39.4 Å². The van der Waals surface area contributed by atoms with E-state index in [0.717, 1.165) is 38.4 Å². The molecule has 2 aromatic heterocycles. The van der Waals surface area contributed by atoms with Crippen molar-refractivity contribution in [1.82, 2.24) is 25.0 Å². The van der Waals surface area contributed by atoms with Gasteiger partial charge < -0.3 is 10.1 Å². The molecule has 1 atom stereocenters. The molecule has 150 valence electrons. The lowest BCUT2D eigenvalue weighted by Gasteiger charge is -2.28. The summed E-state index contributed by atoms with van der Waals surface area (Å²) in [5.74, 6) is 0.675. The second-order valence-corrected chi connectivity index (χ2v) is 7.78. The van der Waals surface area contributed by atoms with E-state index in [9.17, 15) is 4.79 Å². The minimum absolute atomic E-state index is 0.0222. The second-order valence-electron chi connectivity index (χ2n) is 7.78. The van der Waals surface area contributed by atoms with Crippen molar-refractivity contribution in [2.24, 2.45) is 5.92 Å². The molecule has 1 aliphatic carbocycles. The van der Waals surface area contributed by atoms with Crippen molar-refractivity contribution >= 4 is 5.91 Å². The summed E-state index contributed by atoms with van der Waals surface area (Å²) >= 11 is 0. The summed E-state index contributed by atoms with van der Waals surface area (Å²) in [5, 5.41) is 7.70. The molecule has 1 saturated carbocycles. The van der Waals surface area contributed by atoms with Crippen molar-refractivity contribution in [3.63, 3.8) is 0 Å². The molecule has 1 saturated heterocycles. The van der Waals surface area contributed by atoms with Gasteiger partial charge in [0.1, 0.15) is 0 Å². The summed E-state index contributed by atoms with van der Waals surface area (Å²) in [5.41, 5.74) is 3.64. The van der Waals surface area contributed by atoms with Crippen LogP contribution in [0.15, 0.2) is 30.7 Å². The maximum Gasteiger partial charge on any atom is 0.224 e. The molecule has 28 heavy (non-hydrogen) atoms. The molecule has 1 N–H and O–H groups in total. The molecule has 1 amide bonds. The van der Waals surface area contributed by atoms with Gasteiger partial charge in [0, 0.05) is 61.7 Å². The number of nitrogens with one attached hydrogen (secondary N) is 1. The number of pyridine rings is 1. The van der Waals surface area contributed by atoms with Crippen molar-refractivity contribution in [1.29, 1.82) is 0 Å². The van der Waals surface area contributed by atoms with Gasteiger partial charge >= 0.3 is 0 Å². The van der Waals surface area contributed by atoms with Crippen LogP contribution in [0.25, 0.3) is 11.1 Å². The zero-order valence-electron chi connectivity index (χ0n) is 16.5. The van der Waals surface area contributed by atoms with Crippen LogP contribution in [0.3, 0.4) is 0 Å². The fraction of sp³-hybridized carbons (Fsp3) is 0.571. The van der Waals surface area contributed by atoms with Gasteiger partial charge in [-0.2, -0.15) is 5.10 Å². The van der Waals surface area contributed by atoms with E-state index in [1.54, 1.807) is 0 Å². The van der Waals surface area contributed by atoms with E-state index in [2.05, 4.69) is 25.0 Å². The molecule has 7 nitrogen and oxygen atoms in total. The Balaban J connectivity index is 1.32. The number of rotatable bonds is 8. The molecule has 2 aliphatic rings. The van der Waals surface area contributed by atoms with E-state index >= 15 is 0 Å². The average Bonchev–Trinajstić information content (AvgIpc) is 3.48. The molecule has 0 spiro atoms. The largest absolute Gasteiger partial charge is 0.379 e. The van der Waals surface area contributed by atoms with E-state index in [1.165, 1.54) is 24.1 Å². The van der Waals surface area contributed by atoms with Gasteiger partial charge in [0.2, 0.25) is 5.91 Å². The molecule has 0 aromatic carbocycles. The third-order valence-electron chi connectivity index (χ3n) is 5.54. The van der Waals surface area contributed by atoms with Crippen LogP contribution in [0.2, 0.25) is 0 Å². The lowest BCUT2D eigenvalue weighted by atomic mass is 10.1. The monoisotopic (exact) mass is 383 g/mol. The van der Waals surface area contributed by atoms with Gasteiger partial charge in [0.15, 0.2) is 0 Å². The number of hydrogen-bond acceptors (Lipinski definition) is 5. The highest BCUT2D eigenvalue weighted by Gasteiger charge is 2.30. The molecule has 2 aromatic rings. The molecule has 0 radical (unpaired) electrons. The van der Waals surface area contributed by atoms with Crippen molar-refractivity contribution < 1.29 is 9.53 Å². The number of carbonyl (C=O) groups excluding carboxylic acids is 1. The first-order valence-electron chi connectivity index (χ1n) is 10.3. The van der Waals surface area contributed by atoms with Gasteiger partial charge in [-0.1, -0.05) is 6.92 Å². The lowest BCUT2D eigenvalue weighted by molar-refractivity contribution is -0.125. The van der Waals surface area contributed by atoms with Crippen molar-refractivity contribution in [3.05, 3.63) is 36.4 Å². The van der Waals surface area contributed by atoms with Crippen molar-refractivity contribution in [3.8, 4) is 11.1 Å². The van der Waals surface area contributed by atoms with E-state index in [1.807, 2.05) is 37.6 Å². The maximum atomic E-state index is 12.5. The van der Waals surface area contributed by atoms with E-state index in [4.69, 9.17) is 4.74 Å². The topological polar surface area (TPSA) is 72.3 Å². The predicted molar refractivity (Wildman–Crippen MR) is 107 cm³/mol. The van der Waals surface area contributed by atoms with E-state index in [-0.39, 0.29) is 11.8 Å². The van der Waals surface area contributed by atoms with Gasteiger partial charge in [-0.3, -0.25) is 19.4 Å². The number of hydrogen-bond donors (Lipinski definition) is 1. The number of nitrogens with zero attached hydrogens (tertiary/aromatic N) is 4. The summed E-state index contributed by atoms with van der Waals surface area (Å²) in [6.45, 7) is 7.43. The van der Waals surface area contributed by atoms with Gasteiger partial charge in [-0.05, 0) is 30.5 Å². The average molecular weight is 383 g/mol. The van der Waals surface area contributed by atoms with Crippen LogP contribution in [0, 0.1) is 5.92 Å². The normalized spacial score (nSPS) is 18.8. The zero-order chi connectivity index (χ0) is 19.3. The van der Waals surface area contributed by atoms with Gasteiger partial charge in [-0.25, -0.2) is 0 Å². The van der Waals surface area contributed by atoms with E-state index < -0.39 is 0 Å². The van der Waals surface area contributed by atoms with Crippen LogP contribution in [0.4, 0.5) is 0 Å². The SMILES string of the molecule is C[C@@H](CN1CCOCC1)C(=O)NCCn1ncc(-c2ccncc2)c1C1CC1. The highest BCUT2D eigenvalue weighted by Crippen LogP contribution is 2.44. The smallest absolute Gasteiger partial charge is 0.224 e. The number of carbonyl (C=O) groups is 1. The Kier molecular flexibility index (Phi) is 6.02. The number of morpholine rings is 1. The van der Waals surface area contributed by atoms with Crippen LogP contribution in [0.1, 0.15) is 31.4 Å². The van der Waals surface area contributed by atoms with Gasteiger partial charge in [0.05, 0.1) is 26.0 Å². The van der Waals surface area contributed by atoms with Crippen LogP contribution in [-0.4, -0.2) is 65.0 Å². The zero-order valence-corrected chi connectivity index (χ0v) is 16.5. The first-order chi connectivity index (χ1) is 13.7. The fourth-order valence-electron chi connectivity index (χ4n) is 3.83. The highest BCUT2D eigenvalue weighted by molar-refractivity contribution is 5.78. The summed E-state index contributed by atoms with van der Waals surface area (Å²) in [7, 11) is 0. The summed E-state index contributed by atoms with van der Waals surface area (Å²) in [6.07, 6.45) is 8.02. The standard InChI is InChI=1S/C21H29N5O2/c1-16(15-25-10-12-28-13-11-25)21(27)23-8-9-26-20(18-2-3-18)19(14-24-26)17-4-6-22-7-5-17/h4-7,14,16,18H,2-3,8-13,15H2,1H3,(H,23,27)/t16-/m0/s1. The molecule has 3 heterocycles. The van der Waals surface area contributed by atoms with E-state index in [0.29, 0.717) is 19.0 Å². The van der Waals surface area contributed by atoms with Crippen LogP contribution >= 0.6 is 0 Å². The van der Waals surface area contributed by atoms with Gasteiger partial charge in [-0.15, -0.1) is 0 Å². The Morgan fingerprint density at radius 2 is 2.04 bits per heavy atom. The summed E-state index contributed by atoms with van der Waals surface area (Å²) in [4.78, 5) is 18.9. The fourth-order valence-corrected chi connectivity index (χ4v) is 3.83. The Morgan fingerprint density at radius 1 is 1.29 bits per heavy atom. The van der Waals surface area contributed by atoms with Gasteiger partial charge in [0.25, 0.3) is 0 Å². The number of aromatic nitrogens is 3. The molecule has 0 unspecified atom stereocenters. The molecular formula is C21H29N5O2. The minimum atomic E-state index is -0.0222. The van der Waals surface area contributed by atoms with Crippen LogP contribution in [-0.2, 0) is 16.1 Å². The Morgan fingerprint density at radius 3 is 2.75 bits per heavy atom. The van der Waals surface area contributed by atoms with Crippen molar-refractivity contribution in [2.45, 2.75) is 32.2 Å². The molecule has 0 bridgehead atoms. The second kappa shape index (κ2) is 8.84. The van der Waals surface area contributed by atoms with Crippen LogP contribution < -0.4 is 5.32 Å². The third kappa shape index (κ3) is 4.59. The minimum Gasteiger partial charge on any atom is -0.379 e. The lowest BCUT2D eigenvalue weighted by Crippen LogP contribution is -2.43. The summed E-state index contributed by atoms with van der Waals surface area (Å²) < 4.78 is 7.44. The predicted octanol–water partition coefficient (Wildman–Crippen LogP) is 1.91. The highest BCUT2D eigenvalue weighted by atomic mass is 16.5. The Hall–Kier alpha value is -2.25. The first-order valence-corrected chi connectivity index (χ1v) is 10.3. The molecule has 1 aliphatic heterocycles. The van der Waals surface area contributed by atoms with Crippen LogP contribution in [0.5, 0.6) is 0 Å².